The van der Waals surface area contributed by atoms with Gasteiger partial charge in [-0.05, 0) is 25.5 Å². The van der Waals surface area contributed by atoms with E-state index in [0.29, 0.717) is 6.04 Å². The van der Waals surface area contributed by atoms with Gasteiger partial charge in [0.2, 0.25) is 0 Å². The normalized spacial score (nSPS) is 19.1. The van der Waals surface area contributed by atoms with Crippen molar-refractivity contribution in [3.8, 4) is 0 Å². The first kappa shape index (κ1) is 8.12. The van der Waals surface area contributed by atoms with E-state index in [1.807, 2.05) is 18.2 Å². The Labute approximate surface area is 68.7 Å². The molecule has 1 unspecified atom stereocenters. The molecule has 0 amide bonds. The van der Waals surface area contributed by atoms with Crippen LogP contribution in [0.2, 0.25) is 0 Å². The molecule has 60 valence electrons. The minimum atomic E-state index is 0.559. The summed E-state index contributed by atoms with van der Waals surface area (Å²) in [6.07, 6.45) is 9.32. The molecule has 0 aromatic rings. The minimum absolute atomic E-state index is 0.559. The van der Waals surface area contributed by atoms with Crippen LogP contribution in [-0.2, 0) is 0 Å². The fourth-order valence-corrected chi connectivity index (χ4v) is 1.12. The molecule has 11 heavy (non-hydrogen) atoms. The van der Waals surface area contributed by atoms with Gasteiger partial charge in [-0.1, -0.05) is 19.6 Å². The van der Waals surface area contributed by atoms with Crippen LogP contribution >= 0.6 is 0 Å². The summed E-state index contributed by atoms with van der Waals surface area (Å²) in [6.45, 7) is 8.34. The van der Waals surface area contributed by atoms with E-state index in [1.165, 1.54) is 0 Å². The summed E-state index contributed by atoms with van der Waals surface area (Å²) in [4.78, 5) is 2.19. The molecular weight excluding hydrogens is 134 g/mol. The van der Waals surface area contributed by atoms with Gasteiger partial charge in [0.25, 0.3) is 0 Å². The van der Waals surface area contributed by atoms with E-state index < -0.39 is 0 Å². The van der Waals surface area contributed by atoms with Crippen molar-refractivity contribution in [2.45, 2.75) is 26.3 Å². The van der Waals surface area contributed by atoms with Crippen molar-refractivity contribution in [1.82, 2.24) is 4.90 Å². The highest BCUT2D eigenvalue weighted by Crippen LogP contribution is 2.15. The van der Waals surface area contributed by atoms with Gasteiger partial charge >= 0.3 is 0 Å². The van der Waals surface area contributed by atoms with E-state index >= 15 is 0 Å². The maximum absolute atomic E-state index is 3.95. The van der Waals surface area contributed by atoms with Crippen LogP contribution in [0.1, 0.15) is 20.3 Å². The van der Waals surface area contributed by atoms with Crippen LogP contribution in [0.4, 0.5) is 0 Å². The highest BCUT2D eigenvalue weighted by molar-refractivity contribution is 5.25. The maximum Gasteiger partial charge on any atom is 0.0335 e. The Morgan fingerprint density at radius 1 is 1.55 bits per heavy atom. The average Bonchev–Trinajstić information content (AvgIpc) is 2.04. The van der Waals surface area contributed by atoms with Crippen molar-refractivity contribution >= 4 is 0 Å². The monoisotopic (exact) mass is 149 g/mol. The first-order valence-corrected chi connectivity index (χ1v) is 4.07. The summed E-state index contributed by atoms with van der Waals surface area (Å²) in [5, 5.41) is 0. The Bertz CT molecular complexity index is 201. The molecule has 0 N–H and O–H groups in total. The maximum atomic E-state index is 3.95. The fraction of sp³-hybridized carbons (Fsp3) is 0.400. The molecule has 0 saturated heterocycles. The van der Waals surface area contributed by atoms with Gasteiger partial charge in [-0.25, -0.2) is 0 Å². The average molecular weight is 149 g/mol. The molecule has 0 aromatic carbocycles. The molecule has 1 aliphatic rings. The van der Waals surface area contributed by atoms with Gasteiger partial charge in [0.05, 0.1) is 0 Å². The van der Waals surface area contributed by atoms with Crippen molar-refractivity contribution in [1.29, 1.82) is 0 Å². The summed E-state index contributed by atoms with van der Waals surface area (Å²) in [5.41, 5.74) is 1.09. The van der Waals surface area contributed by atoms with Gasteiger partial charge in [0.1, 0.15) is 0 Å². The van der Waals surface area contributed by atoms with Crippen LogP contribution in [0.15, 0.2) is 36.7 Å². The van der Waals surface area contributed by atoms with Crippen molar-refractivity contribution in [3.63, 3.8) is 0 Å². The number of allylic oxidation sites excluding steroid dienone is 3. The molecule has 1 aliphatic heterocycles. The standard InChI is InChI=1S/C10H15N/c1-4-9(2)11-8-6-5-7-10(11)3/h5-9H,3-4H2,1-2H3. The summed E-state index contributed by atoms with van der Waals surface area (Å²) >= 11 is 0. The van der Waals surface area contributed by atoms with Gasteiger partial charge in [-0.15, -0.1) is 0 Å². The topological polar surface area (TPSA) is 3.24 Å². The van der Waals surface area contributed by atoms with E-state index in [4.69, 9.17) is 0 Å². The van der Waals surface area contributed by atoms with Crippen LogP contribution in [0.5, 0.6) is 0 Å². The van der Waals surface area contributed by atoms with Crippen molar-refractivity contribution in [2.24, 2.45) is 0 Å². The minimum Gasteiger partial charge on any atom is -0.346 e. The van der Waals surface area contributed by atoms with Gasteiger partial charge in [-0.3, -0.25) is 0 Å². The Hall–Kier alpha value is -0.980. The van der Waals surface area contributed by atoms with E-state index in [1.54, 1.807) is 0 Å². The van der Waals surface area contributed by atoms with E-state index in [-0.39, 0.29) is 0 Å². The molecule has 1 heteroatoms. The third-order valence-electron chi connectivity index (χ3n) is 2.04. The van der Waals surface area contributed by atoms with E-state index in [2.05, 4.69) is 31.5 Å². The Morgan fingerprint density at radius 2 is 2.27 bits per heavy atom. The summed E-state index contributed by atoms with van der Waals surface area (Å²) in [5.74, 6) is 0. The molecule has 1 rings (SSSR count). The lowest BCUT2D eigenvalue weighted by atomic mass is 10.2. The molecule has 0 bridgehead atoms. The van der Waals surface area contributed by atoms with Gasteiger partial charge in [-0.2, -0.15) is 0 Å². The Balaban J connectivity index is 2.65. The smallest absolute Gasteiger partial charge is 0.0335 e. The zero-order valence-electron chi connectivity index (χ0n) is 7.25. The molecule has 1 atom stereocenters. The Morgan fingerprint density at radius 3 is 2.82 bits per heavy atom. The highest BCUT2D eigenvalue weighted by Gasteiger charge is 2.09. The van der Waals surface area contributed by atoms with E-state index in [9.17, 15) is 0 Å². The molecule has 0 aliphatic carbocycles. The first-order valence-electron chi connectivity index (χ1n) is 4.07. The largest absolute Gasteiger partial charge is 0.346 e. The lowest BCUT2D eigenvalue weighted by molar-refractivity contribution is 0.360. The first-order chi connectivity index (χ1) is 5.25. The van der Waals surface area contributed by atoms with Crippen LogP contribution in [0, 0.1) is 0 Å². The second-order valence-corrected chi connectivity index (χ2v) is 2.86. The SMILES string of the molecule is C=C1C=CC=CN1C(C)CC. The molecule has 0 saturated carbocycles. The second kappa shape index (κ2) is 3.42. The zero-order chi connectivity index (χ0) is 8.27. The van der Waals surface area contributed by atoms with Crippen LogP contribution in [0.25, 0.3) is 0 Å². The molecular formula is C10H15N. The van der Waals surface area contributed by atoms with Crippen LogP contribution < -0.4 is 0 Å². The van der Waals surface area contributed by atoms with Crippen LogP contribution in [-0.4, -0.2) is 10.9 Å². The number of hydrogen-bond donors (Lipinski definition) is 0. The molecule has 0 radical (unpaired) electrons. The van der Waals surface area contributed by atoms with E-state index in [0.717, 1.165) is 12.1 Å². The second-order valence-electron chi connectivity index (χ2n) is 2.86. The highest BCUT2D eigenvalue weighted by atomic mass is 15.1. The third-order valence-corrected chi connectivity index (χ3v) is 2.04. The number of hydrogen-bond acceptors (Lipinski definition) is 1. The van der Waals surface area contributed by atoms with Crippen LogP contribution in [0.3, 0.4) is 0 Å². The summed E-state index contributed by atoms with van der Waals surface area (Å²) < 4.78 is 0. The predicted octanol–water partition coefficient (Wildman–Crippen LogP) is 2.68. The lowest BCUT2D eigenvalue weighted by Crippen LogP contribution is -2.26. The zero-order valence-corrected chi connectivity index (χ0v) is 7.25. The van der Waals surface area contributed by atoms with Gasteiger partial charge in [0.15, 0.2) is 0 Å². The molecule has 1 nitrogen and oxygen atoms in total. The molecule has 0 spiro atoms. The summed E-state index contributed by atoms with van der Waals surface area (Å²) in [7, 11) is 0. The third kappa shape index (κ3) is 1.73. The van der Waals surface area contributed by atoms with Crippen molar-refractivity contribution in [2.75, 3.05) is 0 Å². The number of nitrogens with zero attached hydrogens (tertiary/aromatic N) is 1. The molecule has 1 heterocycles. The van der Waals surface area contributed by atoms with Gasteiger partial charge < -0.3 is 4.90 Å². The molecule has 0 fully saturated rings. The quantitative estimate of drug-likeness (QED) is 0.583. The Kier molecular flexibility index (Phi) is 2.53. The van der Waals surface area contributed by atoms with Gasteiger partial charge in [0, 0.05) is 17.9 Å². The summed E-state index contributed by atoms with van der Waals surface area (Å²) in [6, 6.07) is 0.559. The number of rotatable bonds is 2. The predicted molar refractivity (Wildman–Crippen MR) is 49.0 cm³/mol. The van der Waals surface area contributed by atoms with Crippen molar-refractivity contribution < 1.29 is 0 Å². The lowest BCUT2D eigenvalue weighted by Gasteiger charge is -2.28. The van der Waals surface area contributed by atoms with Crippen molar-refractivity contribution in [3.05, 3.63) is 36.7 Å². The molecule has 0 aromatic heterocycles. The fourth-order valence-electron chi connectivity index (χ4n) is 1.12.